The molecule has 0 radical (unpaired) electrons. The minimum Gasteiger partial charge on any atom is -0.345 e. The van der Waals surface area contributed by atoms with Crippen molar-refractivity contribution < 1.29 is 22.8 Å². The molecule has 0 saturated carbocycles. The van der Waals surface area contributed by atoms with Crippen molar-refractivity contribution in [1.29, 1.82) is 0 Å². The van der Waals surface area contributed by atoms with Crippen molar-refractivity contribution in [3.8, 4) is 11.3 Å². The van der Waals surface area contributed by atoms with Crippen molar-refractivity contribution in [3.05, 3.63) is 84.2 Å². The first-order chi connectivity index (χ1) is 16.7. The van der Waals surface area contributed by atoms with E-state index in [-0.39, 0.29) is 18.1 Å². The van der Waals surface area contributed by atoms with Gasteiger partial charge in [-0.2, -0.15) is 13.9 Å². The minimum absolute atomic E-state index is 0.122. The number of hydrogen-bond acceptors (Lipinski definition) is 3. The van der Waals surface area contributed by atoms with E-state index in [1.54, 1.807) is 54.6 Å². The smallest absolute Gasteiger partial charge is 0.321 e. The number of amides is 2. The zero-order valence-electron chi connectivity index (χ0n) is 18.6. The normalized spacial score (nSPS) is 18.3. The number of rotatable bonds is 5. The van der Waals surface area contributed by atoms with Crippen molar-refractivity contribution in [2.45, 2.75) is 31.4 Å². The van der Waals surface area contributed by atoms with Crippen LogP contribution in [-0.4, -0.2) is 34.0 Å². The number of nitrogens with zero attached hydrogens (tertiary/aromatic N) is 2. The summed E-state index contributed by atoms with van der Waals surface area (Å²) in [5, 5.41) is 10.4. The molecule has 1 fully saturated rings. The molecule has 9 heteroatoms. The van der Waals surface area contributed by atoms with Gasteiger partial charge in [-0.15, -0.1) is 0 Å². The van der Waals surface area contributed by atoms with E-state index in [2.05, 4.69) is 15.5 Å². The quantitative estimate of drug-likeness (QED) is 0.424. The maximum Gasteiger partial charge on any atom is 0.321 e. The molecule has 6 nitrogen and oxygen atoms in total. The van der Waals surface area contributed by atoms with Gasteiger partial charge in [-0.1, -0.05) is 30.3 Å². The average Bonchev–Trinajstić information content (AvgIpc) is 3.39. The van der Waals surface area contributed by atoms with E-state index in [4.69, 9.17) is 0 Å². The molecule has 178 valence electrons. The molecule has 1 aliphatic heterocycles. The Morgan fingerprint density at radius 3 is 2.49 bits per heavy atom. The number of hydrogen-bond donors (Lipinski definition) is 2. The Morgan fingerprint density at radius 1 is 1.09 bits per heavy atom. The Balaban J connectivity index is 1.53. The molecule has 2 amide bonds. The maximum atomic E-state index is 13.6. The van der Waals surface area contributed by atoms with Crippen molar-refractivity contribution in [3.63, 3.8) is 0 Å². The van der Waals surface area contributed by atoms with E-state index < -0.39 is 23.9 Å². The molecule has 0 bridgehead atoms. The summed E-state index contributed by atoms with van der Waals surface area (Å²) in [6.07, 6.45) is -0.122. The Hall–Kier alpha value is -4.14. The van der Waals surface area contributed by atoms with E-state index >= 15 is 0 Å². The summed E-state index contributed by atoms with van der Waals surface area (Å²) in [5.41, 5.74) is 3.25. The summed E-state index contributed by atoms with van der Waals surface area (Å²) in [6, 6.07) is 18.7. The van der Waals surface area contributed by atoms with Gasteiger partial charge in [0.05, 0.1) is 23.3 Å². The highest BCUT2D eigenvalue weighted by molar-refractivity contribution is 6.01. The van der Waals surface area contributed by atoms with Crippen LogP contribution in [0, 0.1) is 5.82 Å². The first-order valence-electron chi connectivity index (χ1n) is 11.0. The van der Waals surface area contributed by atoms with Crippen LogP contribution in [-0.2, 0) is 9.59 Å². The van der Waals surface area contributed by atoms with Gasteiger partial charge in [0.15, 0.2) is 0 Å². The van der Waals surface area contributed by atoms with Gasteiger partial charge in [-0.25, -0.2) is 4.39 Å². The van der Waals surface area contributed by atoms with Crippen molar-refractivity contribution in [2.75, 3.05) is 4.90 Å². The summed E-state index contributed by atoms with van der Waals surface area (Å²) < 4.78 is 40.5. The second-order valence-electron chi connectivity index (χ2n) is 8.60. The molecule has 5 rings (SSSR count). The molecule has 1 unspecified atom stereocenters. The Kier molecular flexibility index (Phi) is 5.55. The lowest BCUT2D eigenvalue weighted by atomic mass is 9.99. The SMILES string of the molecule is CC(F)(F)C(=O)N[C@H]1CC(=O)N(c2ccc3c(-c4ccc(F)cc4)n[nH]c3c2)C1c1ccccc1. The molecule has 4 aromatic rings. The van der Waals surface area contributed by atoms with Crippen LogP contribution in [0.5, 0.6) is 0 Å². The lowest BCUT2D eigenvalue weighted by Gasteiger charge is -2.29. The van der Waals surface area contributed by atoms with E-state index in [1.165, 1.54) is 17.0 Å². The molecular weight excluding hydrogens is 457 g/mol. The summed E-state index contributed by atoms with van der Waals surface area (Å²) >= 11 is 0. The lowest BCUT2D eigenvalue weighted by molar-refractivity contribution is -0.143. The first-order valence-corrected chi connectivity index (χ1v) is 11.0. The monoisotopic (exact) mass is 478 g/mol. The third kappa shape index (κ3) is 4.25. The minimum atomic E-state index is -3.57. The topological polar surface area (TPSA) is 78.1 Å². The highest BCUT2D eigenvalue weighted by atomic mass is 19.3. The average molecular weight is 478 g/mol. The van der Waals surface area contributed by atoms with E-state index in [9.17, 15) is 22.8 Å². The zero-order chi connectivity index (χ0) is 24.7. The number of nitrogens with one attached hydrogen (secondary N) is 2. The molecule has 2 atom stereocenters. The number of benzene rings is 3. The molecule has 1 saturated heterocycles. The van der Waals surface area contributed by atoms with E-state index in [0.29, 0.717) is 29.4 Å². The fourth-order valence-corrected chi connectivity index (χ4v) is 4.48. The predicted octanol–water partition coefficient (Wildman–Crippen LogP) is 4.99. The van der Waals surface area contributed by atoms with Crippen LogP contribution in [0.15, 0.2) is 72.8 Å². The van der Waals surface area contributed by atoms with Crippen molar-refractivity contribution in [1.82, 2.24) is 15.5 Å². The van der Waals surface area contributed by atoms with Crippen LogP contribution in [0.1, 0.15) is 24.9 Å². The molecular formula is C26H21F3N4O2. The van der Waals surface area contributed by atoms with Crippen LogP contribution in [0.3, 0.4) is 0 Å². The molecule has 35 heavy (non-hydrogen) atoms. The Labute approximate surface area is 198 Å². The van der Waals surface area contributed by atoms with Gasteiger partial charge >= 0.3 is 5.92 Å². The van der Waals surface area contributed by atoms with Gasteiger partial charge in [0.2, 0.25) is 5.91 Å². The van der Waals surface area contributed by atoms with Gasteiger partial charge in [-0.05, 0) is 48.0 Å². The number of halogens is 3. The van der Waals surface area contributed by atoms with E-state index in [1.807, 2.05) is 6.07 Å². The molecule has 2 N–H and O–H groups in total. The summed E-state index contributed by atoms with van der Waals surface area (Å²) in [7, 11) is 0. The third-order valence-electron chi connectivity index (χ3n) is 6.12. The second kappa shape index (κ2) is 8.57. The standard InChI is InChI=1S/C26H21F3N4O2/c1-26(28,29)25(35)30-21-14-22(34)33(24(21)16-5-3-2-4-6-16)18-11-12-19-20(13-18)31-32-23(19)15-7-9-17(27)10-8-15/h2-13,21,24H,14H2,1H3,(H,30,35)(H,31,32)/t21-,24?/m0/s1. The molecule has 2 heterocycles. The lowest BCUT2D eigenvalue weighted by Crippen LogP contribution is -2.46. The number of carbonyl (C=O) groups is 2. The summed E-state index contributed by atoms with van der Waals surface area (Å²) in [4.78, 5) is 26.7. The van der Waals surface area contributed by atoms with Crippen LogP contribution in [0.25, 0.3) is 22.2 Å². The van der Waals surface area contributed by atoms with Crippen LogP contribution in [0.4, 0.5) is 18.9 Å². The van der Waals surface area contributed by atoms with Gasteiger partial charge in [0.25, 0.3) is 5.91 Å². The van der Waals surface area contributed by atoms with Crippen LogP contribution >= 0.6 is 0 Å². The van der Waals surface area contributed by atoms with Gasteiger partial charge in [0.1, 0.15) is 5.82 Å². The molecule has 3 aromatic carbocycles. The number of H-pyrrole nitrogens is 1. The second-order valence-corrected chi connectivity index (χ2v) is 8.60. The number of aromatic amines is 1. The number of alkyl halides is 2. The van der Waals surface area contributed by atoms with E-state index in [0.717, 1.165) is 10.9 Å². The number of carbonyl (C=O) groups excluding carboxylic acids is 2. The van der Waals surface area contributed by atoms with Gasteiger partial charge < -0.3 is 10.2 Å². The fourth-order valence-electron chi connectivity index (χ4n) is 4.48. The Morgan fingerprint density at radius 2 is 1.80 bits per heavy atom. The van der Waals surface area contributed by atoms with Crippen LogP contribution < -0.4 is 10.2 Å². The number of aromatic nitrogens is 2. The highest BCUT2D eigenvalue weighted by Crippen LogP contribution is 2.39. The fraction of sp³-hybridized carbons (Fsp3) is 0.192. The molecule has 1 aliphatic rings. The molecule has 0 spiro atoms. The van der Waals surface area contributed by atoms with Gasteiger partial charge in [-0.3, -0.25) is 14.7 Å². The van der Waals surface area contributed by atoms with Crippen LogP contribution in [0.2, 0.25) is 0 Å². The Bertz CT molecular complexity index is 1400. The van der Waals surface area contributed by atoms with Crippen molar-refractivity contribution >= 4 is 28.4 Å². The molecule has 0 aliphatic carbocycles. The van der Waals surface area contributed by atoms with Gasteiger partial charge in [0, 0.05) is 30.0 Å². The predicted molar refractivity (Wildman–Crippen MR) is 125 cm³/mol. The maximum absolute atomic E-state index is 13.6. The largest absolute Gasteiger partial charge is 0.345 e. The number of anilines is 1. The first kappa shape index (κ1) is 22.6. The summed E-state index contributed by atoms with van der Waals surface area (Å²) in [5.74, 6) is -5.64. The molecule has 1 aromatic heterocycles. The summed E-state index contributed by atoms with van der Waals surface area (Å²) in [6.45, 7) is 0.527. The van der Waals surface area contributed by atoms with Crippen molar-refractivity contribution in [2.24, 2.45) is 0 Å². The zero-order valence-corrected chi connectivity index (χ0v) is 18.6. The highest BCUT2D eigenvalue weighted by Gasteiger charge is 2.45. The third-order valence-corrected chi connectivity index (χ3v) is 6.12. The number of fused-ring (bicyclic) bond motifs is 1.